The van der Waals surface area contributed by atoms with E-state index in [1.807, 2.05) is 50.2 Å². The zero-order valence-electron chi connectivity index (χ0n) is 12.5. The van der Waals surface area contributed by atoms with Gasteiger partial charge >= 0.3 is 0 Å². The van der Waals surface area contributed by atoms with Crippen molar-refractivity contribution in [3.8, 4) is 11.4 Å². The van der Waals surface area contributed by atoms with Gasteiger partial charge in [0.1, 0.15) is 11.9 Å². The Morgan fingerprint density at radius 3 is 2.77 bits per heavy atom. The number of nitrogens with zero attached hydrogens (tertiary/aromatic N) is 2. The van der Waals surface area contributed by atoms with Gasteiger partial charge in [0.25, 0.3) is 5.56 Å². The highest BCUT2D eigenvalue weighted by Crippen LogP contribution is 2.34. The molecule has 0 bridgehead atoms. The highest BCUT2D eigenvalue weighted by atomic mass is 16.5. The van der Waals surface area contributed by atoms with E-state index in [2.05, 4.69) is 4.98 Å². The highest BCUT2D eigenvalue weighted by Gasteiger charge is 2.27. The molecule has 0 amide bonds. The largest absolute Gasteiger partial charge is 0.489 e. The Bertz CT molecular complexity index is 926. The summed E-state index contributed by atoms with van der Waals surface area (Å²) in [5.41, 5.74) is 3.35. The molecule has 1 aliphatic heterocycles. The molecule has 0 radical (unpaired) electrons. The molecule has 0 N–H and O–H groups in total. The number of benzene rings is 1. The van der Waals surface area contributed by atoms with Gasteiger partial charge in [-0.2, -0.15) is 0 Å². The monoisotopic (exact) mass is 292 g/mol. The minimum Gasteiger partial charge on any atom is -0.489 e. The van der Waals surface area contributed by atoms with Crippen LogP contribution in [0.15, 0.2) is 47.4 Å². The lowest BCUT2D eigenvalue weighted by Crippen LogP contribution is -2.22. The Kier molecular flexibility index (Phi) is 2.79. The minimum atomic E-state index is -0.0330. The molecule has 0 fully saturated rings. The van der Waals surface area contributed by atoms with Crippen molar-refractivity contribution in [2.75, 3.05) is 0 Å². The van der Waals surface area contributed by atoms with Crippen LogP contribution in [0.3, 0.4) is 0 Å². The van der Waals surface area contributed by atoms with Gasteiger partial charge in [0.15, 0.2) is 5.65 Å². The SMILES string of the molecule is Cc1ccc(-n2c(=O)c3c(c4cccnc42)OC(C)C3)cc1. The Balaban J connectivity index is 2.11. The van der Waals surface area contributed by atoms with E-state index in [1.54, 1.807) is 10.8 Å². The Morgan fingerprint density at radius 2 is 2.00 bits per heavy atom. The quantitative estimate of drug-likeness (QED) is 0.692. The van der Waals surface area contributed by atoms with Crippen molar-refractivity contribution in [3.63, 3.8) is 0 Å². The number of pyridine rings is 2. The van der Waals surface area contributed by atoms with Gasteiger partial charge in [-0.05, 0) is 38.1 Å². The molecule has 1 aliphatic rings. The number of rotatable bonds is 1. The van der Waals surface area contributed by atoms with Crippen molar-refractivity contribution >= 4 is 11.0 Å². The van der Waals surface area contributed by atoms with Gasteiger partial charge in [-0.1, -0.05) is 17.7 Å². The molecule has 1 aromatic carbocycles. The summed E-state index contributed by atoms with van der Waals surface area (Å²) in [6, 6.07) is 11.8. The van der Waals surface area contributed by atoms with Crippen LogP contribution in [0.25, 0.3) is 16.7 Å². The number of aromatic nitrogens is 2. The summed E-state index contributed by atoms with van der Waals surface area (Å²) in [7, 11) is 0. The Morgan fingerprint density at radius 1 is 1.23 bits per heavy atom. The fraction of sp³-hybridized carbons (Fsp3) is 0.222. The lowest BCUT2D eigenvalue weighted by molar-refractivity contribution is 0.257. The average molecular weight is 292 g/mol. The van der Waals surface area contributed by atoms with Gasteiger partial charge in [0, 0.05) is 12.6 Å². The van der Waals surface area contributed by atoms with Gasteiger partial charge in [0.05, 0.1) is 16.6 Å². The zero-order chi connectivity index (χ0) is 15.3. The van der Waals surface area contributed by atoms with Crippen LogP contribution in [-0.4, -0.2) is 15.7 Å². The van der Waals surface area contributed by atoms with E-state index in [0.29, 0.717) is 17.8 Å². The number of aryl methyl sites for hydroxylation is 1. The number of hydrogen-bond acceptors (Lipinski definition) is 3. The van der Waals surface area contributed by atoms with Gasteiger partial charge in [-0.3, -0.25) is 9.36 Å². The molecule has 4 heteroatoms. The fourth-order valence-electron chi connectivity index (χ4n) is 3.02. The molecule has 0 aliphatic carbocycles. The number of hydrogen-bond donors (Lipinski definition) is 0. The van der Waals surface area contributed by atoms with Gasteiger partial charge in [-0.15, -0.1) is 0 Å². The zero-order valence-corrected chi connectivity index (χ0v) is 12.5. The molecular weight excluding hydrogens is 276 g/mol. The first-order valence-corrected chi connectivity index (χ1v) is 7.41. The van der Waals surface area contributed by atoms with Crippen LogP contribution in [0.1, 0.15) is 18.1 Å². The second-order valence-electron chi connectivity index (χ2n) is 5.79. The summed E-state index contributed by atoms with van der Waals surface area (Å²) in [5, 5.41) is 0.891. The van der Waals surface area contributed by atoms with Crippen molar-refractivity contribution in [2.45, 2.75) is 26.4 Å². The standard InChI is InChI=1S/C18H16N2O2/c1-11-5-7-13(8-6-11)20-17-14(4-3-9-19-17)16-15(18(20)21)10-12(2)22-16/h3-9,12H,10H2,1-2H3. The van der Waals surface area contributed by atoms with Crippen molar-refractivity contribution in [2.24, 2.45) is 0 Å². The van der Waals surface area contributed by atoms with Crippen LogP contribution >= 0.6 is 0 Å². The summed E-state index contributed by atoms with van der Waals surface area (Å²) >= 11 is 0. The highest BCUT2D eigenvalue weighted by molar-refractivity contribution is 5.85. The van der Waals surface area contributed by atoms with E-state index in [0.717, 1.165) is 22.2 Å². The Labute approximate surface area is 128 Å². The van der Waals surface area contributed by atoms with E-state index >= 15 is 0 Å². The maximum Gasteiger partial charge on any atom is 0.263 e. The topological polar surface area (TPSA) is 44.1 Å². The van der Waals surface area contributed by atoms with Crippen LogP contribution in [0.5, 0.6) is 5.75 Å². The lowest BCUT2D eigenvalue weighted by atomic mass is 10.1. The molecule has 0 saturated carbocycles. The van der Waals surface area contributed by atoms with Crippen LogP contribution in [0.2, 0.25) is 0 Å². The lowest BCUT2D eigenvalue weighted by Gasteiger charge is -2.12. The minimum absolute atomic E-state index is 0.0278. The number of ether oxygens (including phenoxy) is 1. The first kappa shape index (κ1) is 13.1. The third kappa shape index (κ3) is 1.84. The van der Waals surface area contributed by atoms with Crippen molar-refractivity contribution < 1.29 is 4.74 Å². The summed E-state index contributed by atoms with van der Waals surface area (Å²) < 4.78 is 7.55. The van der Waals surface area contributed by atoms with Gasteiger partial charge < -0.3 is 4.74 Å². The normalized spacial score (nSPS) is 16.5. The van der Waals surface area contributed by atoms with E-state index in [9.17, 15) is 4.79 Å². The third-order valence-corrected chi connectivity index (χ3v) is 4.08. The van der Waals surface area contributed by atoms with Gasteiger partial charge in [-0.25, -0.2) is 4.98 Å². The smallest absolute Gasteiger partial charge is 0.263 e. The van der Waals surface area contributed by atoms with Crippen LogP contribution in [0.4, 0.5) is 0 Å². The average Bonchev–Trinajstić information content (AvgIpc) is 2.92. The maximum absolute atomic E-state index is 12.9. The molecule has 3 heterocycles. The molecule has 3 aromatic rings. The van der Waals surface area contributed by atoms with Crippen LogP contribution in [0, 0.1) is 6.92 Å². The molecule has 4 rings (SSSR count). The van der Waals surface area contributed by atoms with Crippen molar-refractivity contribution in [1.82, 2.24) is 9.55 Å². The molecular formula is C18H16N2O2. The molecule has 4 nitrogen and oxygen atoms in total. The molecule has 1 unspecified atom stereocenters. The van der Waals surface area contributed by atoms with E-state index in [4.69, 9.17) is 4.74 Å². The van der Waals surface area contributed by atoms with Crippen LogP contribution in [-0.2, 0) is 6.42 Å². The van der Waals surface area contributed by atoms with Crippen LogP contribution < -0.4 is 10.3 Å². The summed E-state index contributed by atoms with van der Waals surface area (Å²) in [5.74, 6) is 0.698. The second kappa shape index (κ2) is 4.70. The predicted molar refractivity (Wildman–Crippen MR) is 85.9 cm³/mol. The molecule has 1 atom stereocenters. The fourth-order valence-corrected chi connectivity index (χ4v) is 3.02. The molecule has 22 heavy (non-hydrogen) atoms. The van der Waals surface area contributed by atoms with Gasteiger partial charge in [0.2, 0.25) is 0 Å². The number of fused-ring (bicyclic) bond motifs is 3. The first-order valence-electron chi connectivity index (χ1n) is 7.41. The molecule has 0 spiro atoms. The summed E-state index contributed by atoms with van der Waals surface area (Å²) in [6.07, 6.45) is 2.38. The van der Waals surface area contributed by atoms with E-state index in [1.165, 1.54) is 0 Å². The van der Waals surface area contributed by atoms with E-state index < -0.39 is 0 Å². The molecule has 2 aromatic heterocycles. The summed E-state index contributed by atoms with van der Waals surface area (Å²) in [6.45, 7) is 4.01. The molecule has 110 valence electrons. The second-order valence-corrected chi connectivity index (χ2v) is 5.79. The van der Waals surface area contributed by atoms with Crippen molar-refractivity contribution in [1.29, 1.82) is 0 Å². The third-order valence-electron chi connectivity index (χ3n) is 4.08. The summed E-state index contributed by atoms with van der Waals surface area (Å²) in [4.78, 5) is 17.4. The maximum atomic E-state index is 12.9. The molecule has 0 saturated heterocycles. The first-order chi connectivity index (χ1) is 10.6. The van der Waals surface area contributed by atoms with Crippen molar-refractivity contribution in [3.05, 3.63) is 64.1 Å². The van der Waals surface area contributed by atoms with E-state index in [-0.39, 0.29) is 11.7 Å². The predicted octanol–water partition coefficient (Wildman–Crippen LogP) is 3.02. The Hall–Kier alpha value is -2.62.